The second-order valence-corrected chi connectivity index (χ2v) is 10.9. The molecule has 6 rings (SSSR count). The number of rotatable bonds is 6. The molecule has 10 heteroatoms. The lowest BCUT2D eigenvalue weighted by atomic mass is 9.56. The first-order valence-electron chi connectivity index (χ1n) is 12.4. The van der Waals surface area contributed by atoms with Gasteiger partial charge in [-0.15, -0.1) is 0 Å². The second kappa shape index (κ2) is 9.58. The lowest BCUT2D eigenvalue weighted by Crippen LogP contribution is -2.76. The first-order chi connectivity index (χ1) is 17.2. The Balaban J connectivity index is 1.20. The van der Waals surface area contributed by atoms with Gasteiger partial charge in [0.2, 0.25) is 18.2 Å². The Hall–Kier alpha value is -2.22. The molecular weight excluding hydrogens is 490 g/mol. The first kappa shape index (κ1) is 25.4. The summed E-state index contributed by atoms with van der Waals surface area (Å²) >= 11 is 6.10. The molecule has 1 saturated carbocycles. The van der Waals surface area contributed by atoms with Crippen LogP contribution in [0.1, 0.15) is 64.5 Å². The molecule has 9 nitrogen and oxygen atoms in total. The minimum absolute atomic E-state index is 0.0251. The van der Waals surface area contributed by atoms with Gasteiger partial charge in [0, 0.05) is 34.8 Å². The molecule has 5 aliphatic rings. The second-order valence-electron chi connectivity index (χ2n) is 10.4. The van der Waals surface area contributed by atoms with E-state index in [4.69, 9.17) is 40.3 Å². The van der Waals surface area contributed by atoms with Crippen LogP contribution < -0.4 is 0 Å². The smallest absolute Gasteiger partial charge is 0.308 e. The molecule has 3 unspecified atom stereocenters. The van der Waals surface area contributed by atoms with Gasteiger partial charge < -0.3 is 18.9 Å². The van der Waals surface area contributed by atoms with Gasteiger partial charge >= 0.3 is 11.9 Å². The number of fused-ring (bicyclic) bond motifs is 1. The van der Waals surface area contributed by atoms with Gasteiger partial charge in [0.15, 0.2) is 11.9 Å². The summed E-state index contributed by atoms with van der Waals surface area (Å²) in [6, 6.07) is 8.54. The molecule has 2 bridgehead atoms. The highest BCUT2D eigenvalue weighted by atomic mass is 35.5. The zero-order valence-corrected chi connectivity index (χ0v) is 21.2. The fraction of sp³-hybridized carbons (Fsp3) is 0.654. The third-order valence-electron chi connectivity index (χ3n) is 8.11. The van der Waals surface area contributed by atoms with Crippen LogP contribution in [0.15, 0.2) is 24.3 Å². The lowest BCUT2D eigenvalue weighted by Gasteiger charge is -2.66. The Morgan fingerprint density at radius 3 is 2.67 bits per heavy atom. The molecule has 5 fully saturated rings. The van der Waals surface area contributed by atoms with Crippen molar-refractivity contribution < 1.29 is 38.3 Å². The zero-order chi connectivity index (χ0) is 25.7. The van der Waals surface area contributed by atoms with Crippen molar-refractivity contribution in [2.45, 2.75) is 82.9 Å². The van der Waals surface area contributed by atoms with Gasteiger partial charge in [0.25, 0.3) is 0 Å². The summed E-state index contributed by atoms with van der Waals surface area (Å²) in [5.41, 5.74) is -0.343. The van der Waals surface area contributed by atoms with Crippen molar-refractivity contribution in [1.29, 1.82) is 5.26 Å². The molecule has 0 radical (unpaired) electrons. The van der Waals surface area contributed by atoms with Crippen molar-refractivity contribution in [3.8, 4) is 6.07 Å². The number of carbonyl (C=O) groups excluding carboxylic acids is 2. The van der Waals surface area contributed by atoms with Crippen LogP contribution in [0.3, 0.4) is 0 Å². The van der Waals surface area contributed by atoms with Gasteiger partial charge in [-0.1, -0.05) is 43.6 Å². The molecule has 1 spiro atoms. The Morgan fingerprint density at radius 1 is 1.17 bits per heavy atom. The number of nitriles is 1. The van der Waals surface area contributed by atoms with Crippen molar-refractivity contribution in [1.82, 2.24) is 0 Å². The predicted molar refractivity (Wildman–Crippen MR) is 123 cm³/mol. The molecule has 0 N–H and O–H groups in total. The van der Waals surface area contributed by atoms with Gasteiger partial charge in [-0.25, -0.2) is 9.78 Å². The van der Waals surface area contributed by atoms with E-state index in [2.05, 4.69) is 6.92 Å². The molecule has 1 aromatic carbocycles. The number of ether oxygens (including phenoxy) is 4. The molecule has 0 amide bonds. The maximum Gasteiger partial charge on any atom is 0.308 e. The van der Waals surface area contributed by atoms with Crippen LogP contribution in [0, 0.1) is 35.0 Å². The van der Waals surface area contributed by atoms with E-state index in [0.717, 1.165) is 19.3 Å². The zero-order valence-electron chi connectivity index (χ0n) is 20.5. The number of nitrogens with zero attached hydrogens (tertiary/aromatic N) is 1. The van der Waals surface area contributed by atoms with E-state index in [1.54, 1.807) is 24.3 Å². The topological polar surface area (TPSA) is 113 Å². The summed E-state index contributed by atoms with van der Waals surface area (Å²) in [5, 5.41) is 9.71. The van der Waals surface area contributed by atoms with Gasteiger partial charge in [-0.05, 0) is 31.7 Å². The molecule has 0 aromatic heterocycles. The van der Waals surface area contributed by atoms with Crippen LogP contribution in [0.2, 0.25) is 5.02 Å². The largest absolute Gasteiger partial charge is 0.442 e. The van der Waals surface area contributed by atoms with Gasteiger partial charge in [0.1, 0.15) is 6.07 Å². The van der Waals surface area contributed by atoms with E-state index in [0.29, 0.717) is 16.5 Å². The van der Waals surface area contributed by atoms with Crippen molar-refractivity contribution >= 4 is 23.5 Å². The molecule has 36 heavy (non-hydrogen) atoms. The molecule has 1 aliphatic carbocycles. The number of hydrogen-bond acceptors (Lipinski definition) is 9. The first-order valence-corrected chi connectivity index (χ1v) is 12.8. The number of hydrogen-bond donors (Lipinski definition) is 0. The number of carbonyl (C=O) groups is 2. The number of esters is 2. The Kier molecular flexibility index (Phi) is 6.77. The van der Waals surface area contributed by atoms with E-state index in [-0.39, 0.29) is 30.6 Å². The molecule has 9 atom stereocenters. The van der Waals surface area contributed by atoms with Crippen molar-refractivity contribution in [3.63, 3.8) is 0 Å². The summed E-state index contributed by atoms with van der Waals surface area (Å²) in [4.78, 5) is 36.6. The molecule has 4 aliphatic heterocycles. The Labute approximate surface area is 214 Å². The van der Waals surface area contributed by atoms with Crippen LogP contribution in [0.25, 0.3) is 0 Å². The quantitative estimate of drug-likeness (QED) is 0.393. The van der Waals surface area contributed by atoms with E-state index in [1.807, 2.05) is 19.9 Å². The number of benzene rings is 1. The van der Waals surface area contributed by atoms with E-state index < -0.39 is 42.0 Å². The van der Waals surface area contributed by atoms with E-state index in [1.165, 1.54) is 0 Å². The molecule has 1 aromatic rings. The van der Waals surface area contributed by atoms with Crippen LogP contribution >= 0.6 is 11.6 Å². The molecular formula is C26H30ClNO8. The SMILES string of the molecule is C[C@@H]1CCC2[C@@H](C)[C@H](OC(=O)CCC(=O)OC(C#N)c3ccccc3Cl)O[C@@H]3O[C@]4(C)CC1[C@@]23OO4. The summed E-state index contributed by atoms with van der Waals surface area (Å²) in [5.74, 6) is -1.71. The Morgan fingerprint density at radius 2 is 1.92 bits per heavy atom. The molecule has 194 valence electrons. The van der Waals surface area contributed by atoms with Crippen molar-refractivity contribution in [2.75, 3.05) is 0 Å². The highest BCUT2D eigenvalue weighted by Crippen LogP contribution is 2.62. The normalized spacial score (nSPS) is 39.4. The monoisotopic (exact) mass is 519 g/mol. The minimum Gasteiger partial charge on any atom is -0.442 e. The highest BCUT2D eigenvalue weighted by Gasteiger charge is 2.72. The van der Waals surface area contributed by atoms with E-state index >= 15 is 0 Å². The Bertz CT molecular complexity index is 1080. The fourth-order valence-electron chi connectivity index (χ4n) is 6.25. The predicted octanol–water partition coefficient (Wildman–Crippen LogP) is 4.59. The average molecular weight is 520 g/mol. The summed E-state index contributed by atoms with van der Waals surface area (Å²) in [6.45, 7) is 6.03. The maximum atomic E-state index is 12.7. The summed E-state index contributed by atoms with van der Waals surface area (Å²) < 4.78 is 23.2. The van der Waals surface area contributed by atoms with E-state index in [9.17, 15) is 14.9 Å². The number of halogens is 1. The van der Waals surface area contributed by atoms with Gasteiger partial charge in [-0.3, -0.25) is 9.59 Å². The minimum atomic E-state index is -1.16. The van der Waals surface area contributed by atoms with Gasteiger partial charge in [0.05, 0.1) is 12.8 Å². The molecule has 4 saturated heterocycles. The maximum absolute atomic E-state index is 12.7. The summed E-state index contributed by atoms with van der Waals surface area (Å²) in [7, 11) is 0. The van der Waals surface area contributed by atoms with Crippen LogP contribution in [0.4, 0.5) is 0 Å². The third kappa shape index (κ3) is 4.29. The van der Waals surface area contributed by atoms with Crippen molar-refractivity contribution in [3.05, 3.63) is 34.9 Å². The fourth-order valence-corrected chi connectivity index (χ4v) is 6.49. The molecule has 4 heterocycles. The summed E-state index contributed by atoms with van der Waals surface area (Å²) in [6.07, 6.45) is -0.551. The van der Waals surface area contributed by atoms with Crippen LogP contribution in [-0.4, -0.2) is 35.9 Å². The van der Waals surface area contributed by atoms with Crippen molar-refractivity contribution in [2.24, 2.45) is 23.7 Å². The van der Waals surface area contributed by atoms with Crippen LogP contribution in [0.5, 0.6) is 0 Å². The average Bonchev–Trinajstić information content (AvgIpc) is 2.85. The standard InChI is InChI=1S/C26H30ClNO8/c1-14-8-9-17-15(2)23(33-24-26(17)18(14)12-25(3,34-24)35-36-26)32-22(30)11-10-21(29)31-20(13-28)16-6-4-5-7-19(16)27/h4-7,14-15,17-18,20,23-24H,8-12H2,1-3H3/t14-,15-,17?,18?,20?,23-,24-,25+,26+/m1/s1. The third-order valence-corrected chi connectivity index (χ3v) is 8.46. The van der Waals surface area contributed by atoms with Gasteiger partial charge in [-0.2, -0.15) is 5.26 Å². The van der Waals surface area contributed by atoms with Crippen LogP contribution in [-0.2, 0) is 38.3 Å². The lowest BCUT2D eigenvalue weighted by molar-refractivity contribution is -0.614. The highest BCUT2D eigenvalue weighted by molar-refractivity contribution is 6.31.